The van der Waals surface area contributed by atoms with E-state index >= 15 is 0 Å². The van der Waals surface area contributed by atoms with E-state index in [9.17, 15) is 14.4 Å². The van der Waals surface area contributed by atoms with E-state index < -0.39 is 17.6 Å². The van der Waals surface area contributed by atoms with Crippen molar-refractivity contribution >= 4 is 46.8 Å². The Bertz CT molecular complexity index is 1210. The topological polar surface area (TPSA) is 153 Å². The highest BCUT2D eigenvalue weighted by atomic mass is 35.5. The summed E-state index contributed by atoms with van der Waals surface area (Å²) < 4.78 is 5.23. The summed E-state index contributed by atoms with van der Waals surface area (Å²) in [6.45, 7) is 2.14. The third kappa shape index (κ3) is 7.08. The predicted molar refractivity (Wildman–Crippen MR) is 131 cm³/mol. The lowest BCUT2D eigenvalue weighted by Gasteiger charge is -2.18. The molecule has 0 aliphatic carbocycles. The molecule has 10 heteroatoms. The fourth-order valence-corrected chi connectivity index (χ4v) is 3.24. The zero-order valence-corrected chi connectivity index (χ0v) is 18.9. The van der Waals surface area contributed by atoms with Gasteiger partial charge in [-0.1, -0.05) is 18.2 Å². The van der Waals surface area contributed by atoms with Gasteiger partial charge in [0.05, 0.1) is 0 Å². The van der Waals surface area contributed by atoms with Crippen LogP contribution < -0.4 is 27.7 Å². The fraction of sp³-hybridized carbons (Fsp3) is 0.217. The molecular formula is C23H26ClN5O4. The van der Waals surface area contributed by atoms with Crippen LogP contribution in [0.1, 0.15) is 28.8 Å². The molecule has 0 bridgehead atoms. The van der Waals surface area contributed by atoms with Crippen LogP contribution in [0.3, 0.4) is 0 Å². The van der Waals surface area contributed by atoms with Gasteiger partial charge in [-0.3, -0.25) is 14.6 Å². The molecule has 3 aromatic rings. The van der Waals surface area contributed by atoms with E-state index in [4.69, 9.17) is 15.9 Å². The summed E-state index contributed by atoms with van der Waals surface area (Å²) in [5.74, 6) is -0.812. The summed E-state index contributed by atoms with van der Waals surface area (Å²) in [6, 6.07) is 14.3. The third-order valence-corrected chi connectivity index (χ3v) is 4.82. The molecule has 1 aromatic heterocycles. The van der Waals surface area contributed by atoms with Crippen LogP contribution in [0.5, 0.6) is 0 Å². The summed E-state index contributed by atoms with van der Waals surface area (Å²) in [5.41, 5.74) is 12.2. The van der Waals surface area contributed by atoms with Gasteiger partial charge in [0.15, 0.2) is 5.96 Å². The maximum absolute atomic E-state index is 13.0. The zero-order chi connectivity index (χ0) is 23.1. The standard InChI is InChI=1S/C23H25N5O4.ClH/c1-14-12-20(29)32-19-13-16(9-10-17(14)19)27-22(31)18(8-5-11-26-23(24)25)28-21(30)15-6-3-2-4-7-15;/h2-4,6-7,9-10,12-13,18H,5,8,11H2,1H3,(H,27,31)(H,28,30)(H4,24,25,26);1H. The van der Waals surface area contributed by atoms with Gasteiger partial charge in [0, 0.05) is 35.3 Å². The van der Waals surface area contributed by atoms with Gasteiger partial charge in [-0.25, -0.2) is 4.79 Å². The second kappa shape index (κ2) is 11.7. The lowest BCUT2D eigenvalue weighted by molar-refractivity contribution is -0.118. The van der Waals surface area contributed by atoms with Crippen LogP contribution in [0.25, 0.3) is 11.0 Å². The van der Waals surface area contributed by atoms with Gasteiger partial charge < -0.3 is 26.5 Å². The lowest BCUT2D eigenvalue weighted by Crippen LogP contribution is -2.44. The maximum atomic E-state index is 13.0. The highest BCUT2D eigenvalue weighted by molar-refractivity contribution is 6.01. The van der Waals surface area contributed by atoms with Gasteiger partial charge in [0.1, 0.15) is 11.6 Å². The van der Waals surface area contributed by atoms with Gasteiger partial charge in [-0.15, -0.1) is 12.4 Å². The van der Waals surface area contributed by atoms with Gasteiger partial charge in [0.2, 0.25) is 5.91 Å². The van der Waals surface area contributed by atoms with Crippen LogP contribution in [-0.2, 0) is 4.79 Å². The van der Waals surface area contributed by atoms with Crippen molar-refractivity contribution in [1.29, 1.82) is 0 Å². The first-order valence-electron chi connectivity index (χ1n) is 10.1. The van der Waals surface area contributed by atoms with E-state index in [2.05, 4.69) is 15.6 Å². The summed E-state index contributed by atoms with van der Waals surface area (Å²) in [4.78, 5) is 41.1. The maximum Gasteiger partial charge on any atom is 0.336 e. The number of benzene rings is 2. The van der Waals surface area contributed by atoms with E-state index in [0.29, 0.717) is 36.2 Å². The minimum atomic E-state index is -0.822. The summed E-state index contributed by atoms with van der Waals surface area (Å²) >= 11 is 0. The summed E-state index contributed by atoms with van der Waals surface area (Å²) in [5, 5.41) is 6.31. The molecule has 3 rings (SSSR count). The molecule has 0 saturated heterocycles. The van der Waals surface area contributed by atoms with Gasteiger partial charge in [-0.05, 0) is 49.6 Å². The number of anilines is 1. The molecule has 2 amide bonds. The number of nitrogens with two attached hydrogens (primary N) is 2. The number of amides is 2. The van der Waals surface area contributed by atoms with E-state index in [1.807, 2.05) is 6.92 Å². The van der Waals surface area contributed by atoms with Crippen molar-refractivity contribution in [2.24, 2.45) is 16.5 Å². The second-order valence-corrected chi connectivity index (χ2v) is 7.29. The molecular weight excluding hydrogens is 446 g/mol. The Morgan fingerprint density at radius 2 is 1.82 bits per heavy atom. The number of hydrogen-bond acceptors (Lipinski definition) is 5. The number of aliphatic imine (C=N–C) groups is 1. The SMILES string of the molecule is Cc1cc(=O)oc2cc(NC(=O)C(CCCN=C(N)N)NC(=O)c3ccccc3)ccc12.Cl. The first-order valence-corrected chi connectivity index (χ1v) is 10.1. The number of fused-ring (bicyclic) bond motifs is 1. The number of nitrogens with zero attached hydrogens (tertiary/aromatic N) is 1. The minimum Gasteiger partial charge on any atom is -0.423 e. The second-order valence-electron chi connectivity index (χ2n) is 7.29. The van der Waals surface area contributed by atoms with Crippen LogP contribution >= 0.6 is 12.4 Å². The van der Waals surface area contributed by atoms with Crippen molar-refractivity contribution in [3.63, 3.8) is 0 Å². The van der Waals surface area contributed by atoms with Crippen molar-refractivity contribution in [2.45, 2.75) is 25.8 Å². The largest absolute Gasteiger partial charge is 0.423 e. The quantitative estimate of drug-likeness (QED) is 0.171. The van der Waals surface area contributed by atoms with Crippen LogP contribution in [-0.4, -0.2) is 30.4 Å². The smallest absolute Gasteiger partial charge is 0.336 e. The number of aryl methyl sites for hydroxylation is 1. The molecule has 1 heterocycles. The Morgan fingerprint density at radius 3 is 2.52 bits per heavy atom. The highest BCUT2D eigenvalue weighted by Crippen LogP contribution is 2.21. The number of carbonyl (C=O) groups excluding carboxylic acids is 2. The first-order chi connectivity index (χ1) is 15.3. The lowest BCUT2D eigenvalue weighted by atomic mass is 10.1. The molecule has 0 saturated carbocycles. The fourth-order valence-electron chi connectivity index (χ4n) is 3.24. The molecule has 2 aromatic carbocycles. The molecule has 1 atom stereocenters. The van der Waals surface area contributed by atoms with Crippen molar-refractivity contribution < 1.29 is 14.0 Å². The van der Waals surface area contributed by atoms with Crippen molar-refractivity contribution in [1.82, 2.24) is 5.32 Å². The van der Waals surface area contributed by atoms with Crippen molar-refractivity contribution in [3.8, 4) is 0 Å². The molecule has 1 unspecified atom stereocenters. The molecule has 0 aliphatic rings. The van der Waals surface area contributed by atoms with Crippen LogP contribution in [0, 0.1) is 6.92 Å². The van der Waals surface area contributed by atoms with Gasteiger partial charge in [-0.2, -0.15) is 0 Å². The Morgan fingerprint density at radius 1 is 1.09 bits per heavy atom. The number of hydrogen-bond donors (Lipinski definition) is 4. The number of rotatable bonds is 8. The minimum absolute atomic E-state index is 0. The van der Waals surface area contributed by atoms with Gasteiger partial charge in [0.25, 0.3) is 5.91 Å². The van der Waals surface area contributed by atoms with Crippen molar-refractivity contribution in [3.05, 3.63) is 76.1 Å². The predicted octanol–water partition coefficient (Wildman–Crippen LogP) is 2.31. The van der Waals surface area contributed by atoms with Crippen molar-refractivity contribution in [2.75, 3.05) is 11.9 Å². The molecule has 33 heavy (non-hydrogen) atoms. The first kappa shape index (κ1) is 25.4. The Kier molecular flexibility index (Phi) is 8.99. The van der Waals surface area contributed by atoms with E-state index in [-0.39, 0.29) is 24.3 Å². The van der Waals surface area contributed by atoms with E-state index in [0.717, 1.165) is 10.9 Å². The molecule has 9 nitrogen and oxygen atoms in total. The third-order valence-electron chi connectivity index (χ3n) is 4.82. The average Bonchev–Trinajstić information content (AvgIpc) is 2.75. The molecule has 0 spiro atoms. The van der Waals surface area contributed by atoms with E-state index in [1.165, 1.54) is 6.07 Å². The molecule has 0 radical (unpaired) electrons. The number of nitrogens with one attached hydrogen (secondary N) is 2. The van der Waals surface area contributed by atoms with Crippen LogP contribution in [0.2, 0.25) is 0 Å². The van der Waals surface area contributed by atoms with Crippen LogP contribution in [0.4, 0.5) is 5.69 Å². The Labute approximate surface area is 196 Å². The monoisotopic (exact) mass is 471 g/mol. The Hall–Kier alpha value is -3.85. The number of guanidine groups is 1. The summed E-state index contributed by atoms with van der Waals surface area (Å²) in [7, 11) is 0. The van der Waals surface area contributed by atoms with Crippen LogP contribution in [0.15, 0.2) is 68.8 Å². The molecule has 6 N–H and O–H groups in total. The molecule has 0 aliphatic heterocycles. The summed E-state index contributed by atoms with van der Waals surface area (Å²) in [6.07, 6.45) is 0.805. The average molecular weight is 472 g/mol. The highest BCUT2D eigenvalue weighted by Gasteiger charge is 2.21. The van der Waals surface area contributed by atoms with Gasteiger partial charge >= 0.3 is 5.63 Å². The number of carbonyl (C=O) groups is 2. The normalized spacial score (nSPS) is 11.2. The zero-order valence-electron chi connectivity index (χ0n) is 18.0. The number of halogens is 1. The molecule has 0 fully saturated rings. The van der Waals surface area contributed by atoms with E-state index in [1.54, 1.807) is 48.5 Å². The molecule has 174 valence electrons. The Balaban J connectivity index is 0.00000385.